The molecule has 112 valence electrons. The van der Waals surface area contributed by atoms with Crippen LogP contribution in [0.1, 0.15) is 80.8 Å². The van der Waals surface area contributed by atoms with E-state index in [9.17, 15) is 4.79 Å². The van der Waals surface area contributed by atoms with Crippen molar-refractivity contribution >= 4 is 6.29 Å². The number of rotatable bonds is 12. The maximum atomic E-state index is 10.5. The van der Waals surface area contributed by atoms with Crippen LogP contribution in [-0.4, -0.2) is 11.3 Å². The van der Waals surface area contributed by atoms with Crippen LogP contribution in [0, 0.1) is 0 Å². The lowest BCUT2D eigenvalue weighted by Crippen LogP contribution is -1.80. The number of aldehydes is 1. The van der Waals surface area contributed by atoms with Gasteiger partial charge in [-0.2, -0.15) is 0 Å². The van der Waals surface area contributed by atoms with Gasteiger partial charge in [-0.15, -0.1) is 0 Å². The number of hydrogen-bond acceptors (Lipinski definition) is 1. The first-order valence-corrected chi connectivity index (χ1v) is 8.14. The smallest absolute Gasteiger partial charge is 0.166 e. The van der Waals surface area contributed by atoms with Gasteiger partial charge in [-0.25, -0.2) is 0 Å². The van der Waals surface area contributed by atoms with Crippen LogP contribution in [-0.2, 0) is 6.42 Å². The highest BCUT2D eigenvalue weighted by molar-refractivity contribution is 5.72. The molecule has 1 rings (SSSR count). The maximum Gasteiger partial charge on any atom is 0.166 e. The van der Waals surface area contributed by atoms with Crippen LogP contribution < -0.4 is 0 Å². The summed E-state index contributed by atoms with van der Waals surface area (Å²) in [4.78, 5) is 13.5. The molecule has 0 saturated heterocycles. The summed E-state index contributed by atoms with van der Waals surface area (Å²) >= 11 is 0. The number of carbonyl (C=O) groups excluding carboxylic acids is 1. The molecule has 0 saturated carbocycles. The van der Waals surface area contributed by atoms with E-state index in [0.29, 0.717) is 5.69 Å². The predicted molar refractivity (Wildman–Crippen MR) is 86.3 cm³/mol. The first kappa shape index (κ1) is 16.7. The SMILES string of the molecule is CCCCCCCCCC/C=C/Cc1c[nH]c(C=O)c1. The van der Waals surface area contributed by atoms with E-state index in [0.717, 1.165) is 12.7 Å². The van der Waals surface area contributed by atoms with Crippen LogP contribution in [0.3, 0.4) is 0 Å². The molecule has 0 atom stereocenters. The molecule has 0 bridgehead atoms. The molecule has 0 fully saturated rings. The van der Waals surface area contributed by atoms with Crippen LogP contribution in [0.15, 0.2) is 24.4 Å². The van der Waals surface area contributed by atoms with Gasteiger partial charge in [-0.05, 0) is 30.9 Å². The van der Waals surface area contributed by atoms with Crippen LogP contribution in [0.25, 0.3) is 0 Å². The molecule has 0 aliphatic carbocycles. The van der Waals surface area contributed by atoms with E-state index in [-0.39, 0.29) is 0 Å². The predicted octanol–water partition coefficient (Wildman–Crippen LogP) is 5.46. The molecule has 0 spiro atoms. The van der Waals surface area contributed by atoms with E-state index < -0.39 is 0 Å². The molecular formula is C18H29NO. The number of nitrogens with one attached hydrogen (secondary N) is 1. The second kappa shape index (κ2) is 11.5. The Morgan fingerprint density at radius 2 is 1.70 bits per heavy atom. The summed E-state index contributed by atoms with van der Waals surface area (Å²) in [5.41, 5.74) is 1.84. The summed E-state index contributed by atoms with van der Waals surface area (Å²) in [5, 5.41) is 0. The van der Waals surface area contributed by atoms with Crippen LogP contribution in [0.4, 0.5) is 0 Å². The van der Waals surface area contributed by atoms with Crippen molar-refractivity contribution in [3.63, 3.8) is 0 Å². The van der Waals surface area contributed by atoms with E-state index in [1.165, 1.54) is 63.4 Å². The third kappa shape index (κ3) is 7.98. The number of carbonyl (C=O) groups is 1. The lowest BCUT2D eigenvalue weighted by Gasteiger charge is -1.99. The van der Waals surface area contributed by atoms with Crippen molar-refractivity contribution in [1.29, 1.82) is 0 Å². The van der Waals surface area contributed by atoms with E-state index in [1.807, 2.05) is 12.3 Å². The van der Waals surface area contributed by atoms with Gasteiger partial charge in [0.2, 0.25) is 0 Å². The monoisotopic (exact) mass is 275 g/mol. The van der Waals surface area contributed by atoms with Gasteiger partial charge in [0.25, 0.3) is 0 Å². The zero-order chi connectivity index (χ0) is 14.5. The lowest BCUT2D eigenvalue weighted by molar-refractivity contribution is 0.111. The number of hydrogen-bond donors (Lipinski definition) is 1. The fourth-order valence-electron chi connectivity index (χ4n) is 2.38. The van der Waals surface area contributed by atoms with Gasteiger partial charge in [0, 0.05) is 6.20 Å². The zero-order valence-corrected chi connectivity index (χ0v) is 12.9. The molecule has 1 aromatic heterocycles. The molecule has 1 heterocycles. The highest BCUT2D eigenvalue weighted by Crippen LogP contribution is 2.10. The molecule has 1 N–H and O–H groups in total. The average molecular weight is 275 g/mol. The Kier molecular flexibility index (Phi) is 9.64. The molecule has 20 heavy (non-hydrogen) atoms. The number of allylic oxidation sites excluding steroid dienone is 2. The summed E-state index contributed by atoms with van der Waals surface area (Å²) in [6, 6.07) is 1.91. The van der Waals surface area contributed by atoms with Crippen molar-refractivity contribution in [2.45, 2.75) is 71.1 Å². The van der Waals surface area contributed by atoms with Crippen LogP contribution >= 0.6 is 0 Å². The van der Waals surface area contributed by atoms with Crippen molar-refractivity contribution in [3.05, 3.63) is 35.7 Å². The Hall–Kier alpha value is -1.31. The Bertz CT molecular complexity index is 379. The second-order valence-corrected chi connectivity index (χ2v) is 5.52. The third-order valence-corrected chi connectivity index (χ3v) is 3.64. The molecule has 2 heteroatoms. The highest BCUT2D eigenvalue weighted by Gasteiger charge is 1.95. The molecular weight excluding hydrogens is 246 g/mol. The van der Waals surface area contributed by atoms with Crippen LogP contribution in [0.2, 0.25) is 0 Å². The van der Waals surface area contributed by atoms with E-state index in [4.69, 9.17) is 0 Å². The Morgan fingerprint density at radius 3 is 2.35 bits per heavy atom. The van der Waals surface area contributed by atoms with Gasteiger partial charge in [0.05, 0.1) is 5.69 Å². The summed E-state index contributed by atoms with van der Waals surface area (Å²) in [6.45, 7) is 2.26. The van der Waals surface area contributed by atoms with Crippen molar-refractivity contribution < 1.29 is 4.79 Å². The standard InChI is InChI=1S/C18H29NO/c1-2-3-4-5-6-7-8-9-10-11-12-13-17-14-18(16-20)19-15-17/h11-12,14-16,19H,2-10,13H2,1H3/b12-11+. The average Bonchev–Trinajstić information content (AvgIpc) is 2.93. The topological polar surface area (TPSA) is 32.9 Å². The maximum absolute atomic E-state index is 10.5. The van der Waals surface area contributed by atoms with Crippen molar-refractivity contribution in [3.8, 4) is 0 Å². The van der Waals surface area contributed by atoms with Gasteiger partial charge in [0.1, 0.15) is 0 Å². The van der Waals surface area contributed by atoms with Gasteiger partial charge >= 0.3 is 0 Å². The number of aromatic nitrogens is 1. The van der Waals surface area contributed by atoms with Crippen molar-refractivity contribution in [2.24, 2.45) is 0 Å². The Morgan fingerprint density at radius 1 is 1.00 bits per heavy atom. The minimum absolute atomic E-state index is 0.663. The molecule has 2 nitrogen and oxygen atoms in total. The molecule has 0 radical (unpaired) electrons. The van der Waals surface area contributed by atoms with Crippen LogP contribution in [0.5, 0.6) is 0 Å². The van der Waals surface area contributed by atoms with Gasteiger partial charge in [-0.3, -0.25) is 4.79 Å². The Labute approximate surface area is 123 Å². The Balaban J connectivity index is 1.93. The molecule has 0 unspecified atom stereocenters. The van der Waals surface area contributed by atoms with Gasteiger partial charge in [-0.1, -0.05) is 64.0 Å². The summed E-state index contributed by atoms with van der Waals surface area (Å²) in [7, 11) is 0. The van der Waals surface area contributed by atoms with E-state index >= 15 is 0 Å². The van der Waals surface area contributed by atoms with E-state index in [2.05, 4.69) is 24.1 Å². The third-order valence-electron chi connectivity index (χ3n) is 3.64. The molecule has 0 aromatic carbocycles. The quantitative estimate of drug-likeness (QED) is 0.307. The first-order valence-electron chi connectivity index (χ1n) is 8.14. The van der Waals surface area contributed by atoms with E-state index in [1.54, 1.807) is 0 Å². The van der Waals surface area contributed by atoms with Gasteiger partial charge in [0.15, 0.2) is 6.29 Å². The molecule has 0 aliphatic heterocycles. The largest absolute Gasteiger partial charge is 0.359 e. The van der Waals surface area contributed by atoms with Gasteiger partial charge < -0.3 is 4.98 Å². The number of unbranched alkanes of at least 4 members (excludes halogenated alkanes) is 8. The fourth-order valence-corrected chi connectivity index (χ4v) is 2.38. The zero-order valence-electron chi connectivity index (χ0n) is 12.9. The molecule has 0 aliphatic rings. The van der Waals surface area contributed by atoms with Crippen molar-refractivity contribution in [2.75, 3.05) is 0 Å². The summed E-state index contributed by atoms with van der Waals surface area (Å²) < 4.78 is 0. The normalized spacial score (nSPS) is 11.2. The minimum atomic E-state index is 0.663. The summed E-state index contributed by atoms with van der Waals surface area (Å²) in [6.07, 6.45) is 20.3. The minimum Gasteiger partial charge on any atom is -0.359 e. The first-order chi connectivity index (χ1) is 9.86. The highest BCUT2D eigenvalue weighted by atomic mass is 16.1. The summed E-state index contributed by atoms with van der Waals surface area (Å²) in [5.74, 6) is 0. The number of aromatic amines is 1. The van der Waals surface area contributed by atoms with Crippen molar-refractivity contribution in [1.82, 2.24) is 4.98 Å². The second-order valence-electron chi connectivity index (χ2n) is 5.52. The molecule has 1 aromatic rings. The number of H-pyrrole nitrogens is 1. The fraction of sp³-hybridized carbons (Fsp3) is 0.611. The molecule has 0 amide bonds. The lowest BCUT2D eigenvalue weighted by atomic mass is 10.1.